The first-order valence-corrected chi connectivity index (χ1v) is 8.26. The topological polar surface area (TPSA) is 83.5 Å². The Balaban J connectivity index is 2.03. The quantitative estimate of drug-likeness (QED) is 0.749. The minimum Gasteiger partial charge on any atom is -0.480 e. The molecule has 2 N–H and O–H groups in total. The maximum absolute atomic E-state index is 12.8. The van der Waals surface area contributed by atoms with Crippen LogP contribution in [0, 0.1) is 5.92 Å². The van der Waals surface area contributed by atoms with E-state index in [1.54, 1.807) is 43.3 Å². The number of carbonyl (C=O) groups is 3. The molecule has 1 aliphatic rings. The van der Waals surface area contributed by atoms with E-state index in [2.05, 4.69) is 5.32 Å². The summed E-state index contributed by atoms with van der Waals surface area (Å²) < 4.78 is 0. The van der Waals surface area contributed by atoms with Gasteiger partial charge in [-0.15, -0.1) is 0 Å². The lowest BCUT2D eigenvalue weighted by Gasteiger charge is -2.21. The molecule has 0 heterocycles. The van der Waals surface area contributed by atoms with Crippen LogP contribution in [0.15, 0.2) is 42.5 Å². The predicted octanol–water partition coefficient (Wildman–Crippen LogP) is 3.13. The molecular formula is C20H19NO4. The maximum Gasteiger partial charge on any atom is 0.326 e. The van der Waals surface area contributed by atoms with E-state index in [4.69, 9.17) is 0 Å². The smallest absolute Gasteiger partial charge is 0.326 e. The number of carboxylic acid groups (broad SMARTS) is 1. The first kappa shape index (κ1) is 16.9. The number of hydrogen-bond donors (Lipinski definition) is 2. The highest BCUT2D eigenvalue weighted by molar-refractivity contribution is 6.24. The molecule has 0 aromatic heterocycles. The molecule has 128 valence electrons. The summed E-state index contributed by atoms with van der Waals surface area (Å²) in [7, 11) is 0. The lowest BCUT2D eigenvalue weighted by atomic mass is 9.96. The van der Waals surface area contributed by atoms with Gasteiger partial charge in [-0.05, 0) is 17.5 Å². The Bertz CT molecular complexity index is 872. The van der Waals surface area contributed by atoms with Crippen LogP contribution in [0.1, 0.15) is 46.5 Å². The molecule has 5 nitrogen and oxygen atoms in total. The summed E-state index contributed by atoms with van der Waals surface area (Å²) in [5.74, 6) is -1.86. The largest absolute Gasteiger partial charge is 0.480 e. The normalized spacial score (nSPS) is 14.4. The van der Waals surface area contributed by atoms with Crippen molar-refractivity contribution >= 4 is 17.7 Å². The fourth-order valence-corrected chi connectivity index (χ4v) is 3.17. The average Bonchev–Trinajstić information content (AvgIpc) is 2.92. The fourth-order valence-electron chi connectivity index (χ4n) is 3.17. The van der Waals surface area contributed by atoms with Crippen molar-refractivity contribution in [1.82, 2.24) is 5.32 Å². The van der Waals surface area contributed by atoms with Gasteiger partial charge in [-0.2, -0.15) is 0 Å². The lowest BCUT2D eigenvalue weighted by molar-refractivity contribution is -0.140. The second-order valence-corrected chi connectivity index (χ2v) is 6.28. The minimum atomic E-state index is -1.06. The van der Waals surface area contributed by atoms with Crippen molar-refractivity contribution in [2.45, 2.75) is 26.3 Å². The Morgan fingerprint density at radius 2 is 1.68 bits per heavy atom. The van der Waals surface area contributed by atoms with E-state index < -0.39 is 17.9 Å². The number of rotatable bonds is 5. The highest BCUT2D eigenvalue weighted by atomic mass is 16.4. The molecule has 25 heavy (non-hydrogen) atoms. The molecule has 0 saturated heterocycles. The van der Waals surface area contributed by atoms with Crippen LogP contribution >= 0.6 is 0 Å². The molecule has 0 radical (unpaired) electrons. The van der Waals surface area contributed by atoms with Crippen LogP contribution in [0.25, 0.3) is 11.1 Å². The summed E-state index contributed by atoms with van der Waals surface area (Å²) in [5, 5.41) is 12.0. The van der Waals surface area contributed by atoms with Crippen LogP contribution in [0.5, 0.6) is 0 Å². The fraction of sp³-hybridized carbons (Fsp3) is 0.250. The molecule has 2 aromatic carbocycles. The van der Waals surface area contributed by atoms with Gasteiger partial charge in [-0.3, -0.25) is 9.59 Å². The Hall–Kier alpha value is -2.95. The van der Waals surface area contributed by atoms with Gasteiger partial charge in [-0.25, -0.2) is 4.79 Å². The molecule has 1 aliphatic carbocycles. The van der Waals surface area contributed by atoms with E-state index in [1.165, 1.54) is 0 Å². The number of carbonyl (C=O) groups excluding carboxylic acids is 2. The summed E-state index contributed by atoms with van der Waals surface area (Å²) in [6, 6.07) is 11.1. The second kappa shape index (κ2) is 6.51. The Labute approximate surface area is 145 Å². The zero-order valence-electron chi connectivity index (χ0n) is 14.1. The van der Waals surface area contributed by atoms with Crippen molar-refractivity contribution in [1.29, 1.82) is 0 Å². The van der Waals surface area contributed by atoms with Crippen LogP contribution in [0.2, 0.25) is 0 Å². The van der Waals surface area contributed by atoms with E-state index in [0.717, 1.165) is 0 Å². The zero-order valence-corrected chi connectivity index (χ0v) is 14.1. The molecule has 3 rings (SSSR count). The van der Waals surface area contributed by atoms with E-state index in [0.29, 0.717) is 34.2 Å². The molecule has 2 atom stereocenters. The van der Waals surface area contributed by atoms with E-state index in [1.807, 2.05) is 13.0 Å². The number of amides is 1. The van der Waals surface area contributed by atoms with Crippen molar-refractivity contribution in [3.8, 4) is 11.1 Å². The van der Waals surface area contributed by atoms with Crippen molar-refractivity contribution in [3.63, 3.8) is 0 Å². The van der Waals surface area contributed by atoms with Gasteiger partial charge in [-0.1, -0.05) is 56.7 Å². The molecule has 5 heteroatoms. The molecule has 1 unspecified atom stereocenters. The summed E-state index contributed by atoms with van der Waals surface area (Å²) in [6.07, 6.45) is 0.630. The third-order valence-electron chi connectivity index (χ3n) is 4.76. The summed E-state index contributed by atoms with van der Waals surface area (Å²) in [5.41, 5.74) is 2.65. The van der Waals surface area contributed by atoms with Crippen molar-refractivity contribution < 1.29 is 19.5 Å². The van der Waals surface area contributed by atoms with Gasteiger partial charge >= 0.3 is 5.97 Å². The molecule has 1 amide bonds. The zero-order chi connectivity index (χ0) is 18.1. The molecule has 0 spiro atoms. The predicted molar refractivity (Wildman–Crippen MR) is 93.7 cm³/mol. The molecule has 0 saturated carbocycles. The summed E-state index contributed by atoms with van der Waals surface area (Å²) >= 11 is 0. The first-order valence-electron chi connectivity index (χ1n) is 8.26. The molecular weight excluding hydrogens is 318 g/mol. The minimum absolute atomic E-state index is 0.114. The standard InChI is InChI=1S/C20H19NO4/c1-3-11(2)17(20(24)25)21-19(23)15-10-6-9-14-16(15)12-7-4-5-8-13(12)18(14)22/h4-11,17H,3H2,1-2H3,(H,21,23)(H,24,25)/t11?,17-/m0/s1. The van der Waals surface area contributed by atoms with Crippen LogP contribution in [-0.2, 0) is 4.79 Å². The Morgan fingerprint density at radius 1 is 1.04 bits per heavy atom. The average molecular weight is 337 g/mol. The number of ketones is 1. The van der Waals surface area contributed by atoms with Crippen LogP contribution < -0.4 is 5.32 Å². The molecule has 0 aliphatic heterocycles. The van der Waals surface area contributed by atoms with Crippen LogP contribution in [-0.4, -0.2) is 28.8 Å². The monoisotopic (exact) mass is 337 g/mol. The van der Waals surface area contributed by atoms with Gasteiger partial charge in [0.15, 0.2) is 5.78 Å². The van der Waals surface area contributed by atoms with Gasteiger partial charge in [0.25, 0.3) is 5.91 Å². The van der Waals surface area contributed by atoms with E-state index >= 15 is 0 Å². The van der Waals surface area contributed by atoms with Gasteiger partial charge in [0.2, 0.25) is 0 Å². The van der Waals surface area contributed by atoms with E-state index in [9.17, 15) is 19.5 Å². The van der Waals surface area contributed by atoms with Gasteiger partial charge in [0.1, 0.15) is 6.04 Å². The maximum atomic E-state index is 12.8. The third kappa shape index (κ3) is 2.82. The number of nitrogens with one attached hydrogen (secondary N) is 1. The second-order valence-electron chi connectivity index (χ2n) is 6.28. The van der Waals surface area contributed by atoms with Crippen molar-refractivity contribution in [2.24, 2.45) is 5.92 Å². The highest BCUT2D eigenvalue weighted by Crippen LogP contribution is 2.38. The van der Waals surface area contributed by atoms with Crippen LogP contribution in [0.3, 0.4) is 0 Å². The van der Waals surface area contributed by atoms with Gasteiger partial charge < -0.3 is 10.4 Å². The lowest BCUT2D eigenvalue weighted by Crippen LogP contribution is -2.45. The SMILES string of the molecule is CCC(C)[C@H](NC(=O)c1cccc2c1-c1ccccc1C2=O)C(=O)O. The van der Waals surface area contributed by atoms with Gasteiger partial charge in [0, 0.05) is 22.3 Å². The summed E-state index contributed by atoms with van der Waals surface area (Å²) in [6.45, 7) is 3.66. The number of aliphatic carboxylic acids is 1. The van der Waals surface area contributed by atoms with Crippen molar-refractivity contribution in [2.75, 3.05) is 0 Å². The molecule has 0 fully saturated rings. The number of benzene rings is 2. The highest BCUT2D eigenvalue weighted by Gasteiger charge is 2.32. The molecule has 2 aromatic rings. The first-order chi connectivity index (χ1) is 12.0. The third-order valence-corrected chi connectivity index (χ3v) is 4.76. The number of fused-ring (bicyclic) bond motifs is 3. The Kier molecular flexibility index (Phi) is 4.40. The van der Waals surface area contributed by atoms with E-state index in [-0.39, 0.29) is 11.7 Å². The molecule has 0 bridgehead atoms. The van der Waals surface area contributed by atoms with Crippen LogP contribution in [0.4, 0.5) is 0 Å². The van der Waals surface area contributed by atoms with Gasteiger partial charge in [0.05, 0.1) is 0 Å². The Morgan fingerprint density at radius 3 is 2.32 bits per heavy atom. The number of hydrogen-bond acceptors (Lipinski definition) is 3. The number of carboxylic acids is 1. The van der Waals surface area contributed by atoms with Crippen molar-refractivity contribution in [3.05, 3.63) is 59.2 Å². The summed E-state index contributed by atoms with van der Waals surface area (Å²) in [4.78, 5) is 36.8.